The summed E-state index contributed by atoms with van der Waals surface area (Å²) < 4.78 is 18.3. The second-order valence-corrected chi connectivity index (χ2v) is 4.04. The largest absolute Gasteiger partial charge is 0.374 e. The van der Waals surface area contributed by atoms with Crippen LogP contribution in [0.15, 0.2) is 24.3 Å². The molecule has 1 heterocycles. The Labute approximate surface area is 83.9 Å². The van der Waals surface area contributed by atoms with Gasteiger partial charge in [0.05, 0.1) is 6.10 Å². The minimum absolute atomic E-state index is 0.166. The van der Waals surface area contributed by atoms with Gasteiger partial charge in [0.1, 0.15) is 5.82 Å². The molecule has 1 aromatic carbocycles. The number of benzene rings is 1. The van der Waals surface area contributed by atoms with E-state index in [4.69, 9.17) is 4.74 Å². The van der Waals surface area contributed by atoms with E-state index in [-0.39, 0.29) is 11.9 Å². The summed E-state index contributed by atoms with van der Waals surface area (Å²) in [6.45, 7) is 3.06. The topological polar surface area (TPSA) is 9.23 Å². The van der Waals surface area contributed by atoms with Gasteiger partial charge in [-0.1, -0.05) is 19.1 Å². The summed E-state index contributed by atoms with van der Waals surface area (Å²) in [5.41, 5.74) is 1.10. The summed E-state index contributed by atoms with van der Waals surface area (Å²) >= 11 is 0. The van der Waals surface area contributed by atoms with E-state index in [9.17, 15) is 4.39 Å². The van der Waals surface area contributed by atoms with Crippen LogP contribution >= 0.6 is 0 Å². The maximum Gasteiger partial charge on any atom is 0.123 e. The highest BCUT2D eigenvalue weighted by Crippen LogP contribution is 2.31. The lowest BCUT2D eigenvalue weighted by atomic mass is 9.93. The van der Waals surface area contributed by atoms with Crippen LogP contribution < -0.4 is 0 Å². The molecule has 2 atom stereocenters. The zero-order valence-corrected chi connectivity index (χ0v) is 8.37. The molecule has 0 bridgehead atoms. The van der Waals surface area contributed by atoms with Gasteiger partial charge in [-0.2, -0.15) is 0 Å². The van der Waals surface area contributed by atoms with Crippen LogP contribution in [0.2, 0.25) is 0 Å². The Morgan fingerprint density at radius 1 is 1.29 bits per heavy atom. The highest BCUT2D eigenvalue weighted by Gasteiger charge is 2.20. The summed E-state index contributed by atoms with van der Waals surface area (Å²) in [5.74, 6) is 0.524. The molecule has 2 heteroatoms. The maximum atomic E-state index is 12.7. The molecular formula is C12H15FO. The third-order valence-electron chi connectivity index (χ3n) is 2.79. The third-order valence-corrected chi connectivity index (χ3v) is 2.79. The second kappa shape index (κ2) is 4.09. The first kappa shape index (κ1) is 9.66. The highest BCUT2D eigenvalue weighted by atomic mass is 19.1. The second-order valence-electron chi connectivity index (χ2n) is 4.04. The molecule has 2 unspecified atom stereocenters. The fourth-order valence-electron chi connectivity index (χ4n) is 1.87. The molecule has 14 heavy (non-hydrogen) atoms. The molecule has 0 N–H and O–H groups in total. The molecule has 76 valence electrons. The van der Waals surface area contributed by atoms with Crippen molar-refractivity contribution in [3.63, 3.8) is 0 Å². The Morgan fingerprint density at radius 2 is 2.00 bits per heavy atom. The molecule has 1 fully saturated rings. The number of hydrogen-bond donors (Lipinski definition) is 0. The van der Waals surface area contributed by atoms with Crippen LogP contribution in [0.3, 0.4) is 0 Å². The van der Waals surface area contributed by atoms with Gasteiger partial charge in [0.15, 0.2) is 0 Å². The van der Waals surface area contributed by atoms with Gasteiger partial charge in [0.2, 0.25) is 0 Å². The molecule has 1 saturated heterocycles. The smallest absolute Gasteiger partial charge is 0.123 e. The summed E-state index contributed by atoms with van der Waals surface area (Å²) in [7, 11) is 0. The van der Waals surface area contributed by atoms with Crippen molar-refractivity contribution in [2.45, 2.75) is 25.9 Å². The van der Waals surface area contributed by atoms with Crippen molar-refractivity contribution in [1.29, 1.82) is 0 Å². The van der Waals surface area contributed by atoms with Crippen LogP contribution in [0.25, 0.3) is 0 Å². The number of ether oxygens (including phenoxy) is 1. The van der Waals surface area contributed by atoms with Crippen LogP contribution in [-0.4, -0.2) is 6.61 Å². The van der Waals surface area contributed by atoms with Gasteiger partial charge in [-0.3, -0.25) is 0 Å². The molecule has 0 aromatic heterocycles. The molecule has 0 spiro atoms. The molecule has 1 aliphatic heterocycles. The van der Waals surface area contributed by atoms with Crippen molar-refractivity contribution >= 4 is 0 Å². The number of halogens is 1. The maximum absolute atomic E-state index is 12.7. The van der Waals surface area contributed by atoms with Gasteiger partial charge in [-0.05, 0) is 36.5 Å². The van der Waals surface area contributed by atoms with Gasteiger partial charge in [-0.15, -0.1) is 0 Å². The lowest BCUT2D eigenvalue weighted by Crippen LogP contribution is -2.17. The van der Waals surface area contributed by atoms with Crippen molar-refractivity contribution in [3.05, 3.63) is 35.6 Å². The summed E-state index contributed by atoms with van der Waals surface area (Å²) in [6, 6.07) is 6.63. The number of hydrogen-bond acceptors (Lipinski definition) is 1. The highest BCUT2D eigenvalue weighted by molar-refractivity contribution is 5.19. The fraction of sp³-hybridized carbons (Fsp3) is 0.500. The Balaban J connectivity index is 2.10. The lowest BCUT2D eigenvalue weighted by Gasteiger charge is -2.27. The van der Waals surface area contributed by atoms with Gasteiger partial charge < -0.3 is 4.74 Å². The molecule has 1 aliphatic rings. The van der Waals surface area contributed by atoms with E-state index in [0.717, 1.165) is 25.0 Å². The molecule has 0 aliphatic carbocycles. The van der Waals surface area contributed by atoms with Crippen LogP contribution in [0.4, 0.5) is 4.39 Å². The van der Waals surface area contributed by atoms with Gasteiger partial charge >= 0.3 is 0 Å². The zero-order valence-electron chi connectivity index (χ0n) is 8.37. The van der Waals surface area contributed by atoms with E-state index in [0.29, 0.717) is 5.92 Å². The van der Waals surface area contributed by atoms with E-state index < -0.39 is 0 Å². The predicted octanol–water partition coefficient (Wildman–Crippen LogP) is 3.31. The number of rotatable bonds is 1. The van der Waals surface area contributed by atoms with E-state index in [2.05, 4.69) is 6.92 Å². The third kappa shape index (κ3) is 2.13. The van der Waals surface area contributed by atoms with Crippen LogP contribution in [-0.2, 0) is 4.74 Å². The van der Waals surface area contributed by atoms with E-state index in [1.807, 2.05) is 12.1 Å². The quantitative estimate of drug-likeness (QED) is 0.666. The van der Waals surface area contributed by atoms with Crippen LogP contribution in [0.5, 0.6) is 0 Å². The standard InChI is InChI=1S/C12H15FO/c1-9-6-7-14-12(8-9)10-2-4-11(13)5-3-10/h2-5,9,12H,6-8H2,1H3. The van der Waals surface area contributed by atoms with Gasteiger partial charge in [-0.25, -0.2) is 4.39 Å². The lowest BCUT2D eigenvalue weighted by molar-refractivity contribution is -0.00635. The minimum atomic E-state index is -0.183. The van der Waals surface area contributed by atoms with E-state index in [1.165, 1.54) is 12.1 Å². The van der Waals surface area contributed by atoms with Crippen molar-refractivity contribution in [1.82, 2.24) is 0 Å². The molecule has 1 aromatic rings. The average molecular weight is 194 g/mol. The Bertz CT molecular complexity index is 294. The molecule has 0 amide bonds. The molecular weight excluding hydrogens is 179 g/mol. The Hall–Kier alpha value is -0.890. The van der Waals surface area contributed by atoms with Crippen LogP contribution in [0, 0.1) is 11.7 Å². The first-order chi connectivity index (χ1) is 6.75. The van der Waals surface area contributed by atoms with Gasteiger partial charge in [0, 0.05) is 6.61 Å². The summed E-state index contributed by atoms with van der Waals surface area (Å²) in [6.07, 6.45) is 2.35. The van der Waals surface area contributed by atoms with Crippen molar-refractivity contribution in [2.75, 3.05) is 6.61 Å². The van der Waals surface area contributed by atoms with E-state index in [1.54, 1.807) is 0 Å². The molecule has 2 rings (SSSR count). The summed E-state index contributed by atoms with van der Waals surface area (Å²) in [5, 5.41) is 0. The predicted molar refractivity (Wildman–Crippen MR) is 53.5 cm³/mol. The first-order valence-electron chi connectivity index (χ1n) is 5.13. The first-order valence-corrected chi connectivity index (χ1v) is 5.13. The van der Waals surface area contributed by atoms with Crippen molar-refractivity contribution in [3.8, 4) is 0 Å². The van der Waals surface area contributed by atoms with Crippen molar-refractivity contribution in [2.24, 2.45) is 5.92 Å². The monoisotopic (exact) mass is 194 g/mol. The average Bonchev–Trinajstić information content (AvgIpc) is 2.19. The summed E-state index contributed by atoms with van der Waals surface area (Å²) in [4.78, 5) is 0. The Kier molecular flexibility index (Phi) is 2.82. The zero-order chi connectivity index (χ0) is 9.97. The van der Waals surface area contributed by atoms with Crippen LogP contribution in [0.1, 0.15) is 31.4 Å². The minimum Gasteiger partial charge on any atom is -0.374 e. The molecule has 0 radical (unpaired) electrons. The molecule has 1 nitrogen and oxygen atoms in total. The van der Waals surface area contributed by atoms with Crippen molar-refractivity contribution < 1.29 is 9.13 Å². The SMILES string of the molecule is CC1CCOC(c2ccc(F)cc2)C1. The molecule has 0 saturated carbocycles. The Morgan fingerprint density at radius 3 is 2.64 bits per heavy atom. The van der Waals surface area contributed by atoms with Gasteiger partial charge in [0.25, 0.3) is 0 Å². The normalized spacial score (nSPS) is 27.6. The fourth-order valence-corrected chi connectivity index (χ4v) is 1.87. The van der Waals surface area contributed by atoms with E-state index >= 15 is 0 Å².